The Labute approximate surface area is 206 Å². The van der Waals surface area contributed by atoms with Gasteiger partial charge in [-0.1, -0.05) is 38.5 Å². The lowest BCUT2D eigenvalue weighted by Gasteiger charge is -2.48. The molecule has 3 aliphatic carbocycles. The van der Waals surface area contributed by atoms with E-state index in [0.29, 0.717) is 6.04 Å². The van der Waals surface area contributed by atoms with Gasteiger partial charge in [0.05, 0.1) is 27.4 Å². The van der Waals surface area contributed by atoms with Crippen molar-refractivity contribution in [2.45, 2.75) is 97.8 Å². The Morgan fingerprint density at radius 3 is 2.16 bits per heavy atom. The Hall–Kier alpha value is 0.330. The van der Waals surface area contributed by atoms with Crippen molar-refractivity contribution < 1.29 is 4.79 Å². The fourth-order valence-corrected chi connectivity index (χ4v) is 9.08. The molecule has 10 unspecified atom stereocenters. The molecule has 2 heterocycles. The molecule has 0 aromatic heterocycles. The van der Waals surface area contributed by atoms with E-state index < -0.39 is 27.4 Å². The number of carbonyl (C=O) groups excluding carboxylic acids is 1. The molecule has 3 saturated carbocycles. The van der Waals surface area contributed by atoms with Crippen LogP contribution < -0.4 is 10.6 Å². The molecule has 0 aromatic carbocycles. The number of rotatable bonds is 2. The molecule has 0 spiro atoms. The summed E-state index contributed by atoms with van der Waals surface area (Å²) in [5.41, 5.74) is 0.894. The van der Waals surface area contributed by atoms with Crippen molar-refractivity contribution in [3.63, 3.8) is 0 Å². The van der Waals surface area contributed by atoms with E-state index in [1.165, 1.54) is 57.8 Å². The first-order valence-corrected chi connectivity index (χ1v) is 14.0. The molecule has 5 fully saturated rings. The zero-order chi connectivity index (χ0) is 21.7. The molecule has 31 heavy (non-hydrogen) atoms. The Kier molecular flexibility index (Phi) is 7.10. The van der Waals surface area contributed by atoms with Crippen LogP contribution in [0.25, 0.3) is 0 Å². The second-order valence-electron chi connectivity index (χ2n) is 10.6. The number of nitrogens with one attached hydrogen (secondary N) is 2. The van der Waals surface area contributed by atoms with Crippen LogP contribution in [0.1, 0.15) is 64.2 Å². The van der Waals surface area contributed by atoms with E-state index >= 15 is 0 Å². The van der Waals surface area contributed by atoms with Gasteiger partial charge in [0.1, 0.15) is 0 Å². The number of amides is 1. The lowest BCUT2D eigenvalue weighted by molar-refractivity contribution is -0.123. The van der Waals surface area contributed by atoms with Crippen LogP contribution in [0, 0.1) is 29.6 Å². The minimum Gasteiger partial charge on any atom is -0.329 e. The first kappa shape index (κ1) is 23.1. The van der Waals surface area contributed by atoms with E-state index in [2.05, 4.69) is 16.7 Å². The number of piperidine rings is 1. The van der Waals surface area contributed by atoms with E-state index in [4.69, 9.17) is 46.4 Å². The van der Waals surface area contributed by atoms with Crippen LogP contribution >= 0.6 is 46.4 Å². The topological polar surface area (TPSA) is 41.1 Å². The first-order chi connectivity index (χ1) is 15.0. The van der Waals surface area contributed by atoms with E-state index in [0.717, 1.165) is 29.9 Å². The SMILES string of the molecule is O=C1N/C(=C\C2CCC3C(CCCC3C3CCCCC3)N2)C2C(Cl)C(Cl)C(Cl)C(Cl)C12. The molecule has 2 saturated heterocycles. The normalized spacial score (nSPS) is 50.1. The zero-order valence-corrected chi connectivity index (χ0v) is 20.9. The lowest BCUT2D eigenvalue weighted by atomic mass is 9.63. The molecule has 1 amide bonds. The van der Waals surface area contributed by atoms with Crippen LogP contribution in [0.2, 0.25) is 0 Å². The Morgan fingerprint density at radius 2 is 1.42 bits per heavy atom. The third-order valence-electron chi connectivity index (χ3n) is 8.91. The second kappa shape index (κ2) is 9.53. The van der Waals surface area contributed by atoms with Crippen molar-refractivity contribution in [1.29, 1.82) is 0 Å². The number of halogens is 4. The van der Waals surface area contributed by atoms with E-state index in [9.17, 15) is 4.79 Å². The third-order valence-corrected chi connectivity index (χ3v) is 11.5. The largest absolute Gasteiger partial charge is 0.329 e. The molecule has 0 radical (unpaired) electrons. The summed E-state index contributed by atoms with van der Waals surface area (Å²) in [6.07, 6.45) is 15.8. The fourth-order valence-electron chi connectivity index (χ4n) is 7.43. The summed E-state index contributed by atoms with van der Waals surface area (Å²) in [4.78, 5) is 12.7. The van der Waals surface area contributed by atoms with Crippen LogP contribution in [0.3, 0.4) is 0 Å². The molecule has 0 aromatic rings. The summed E-state index contributed by atoms with van der Waals surface area (Å²) in [5.74, 6) is 1.99. The summed E-state index contributed by atoms with van der Waals surface area (Å²) < 4.78 is 0. The Balaban J connectivity index is 1.29. The highest BCUT2D eigenvalue weighted by Gasteiger charge is 2.56. The van der Waals surface area contributed by atoms with Crippen molar-refractivity contribution in [1.82, 2.24) is 10.6 Å². The Bertz CT molecular complexity index is 712. The minimum absolute atomic E-state index is 0.0696. The highest BCUT2D eigenvalue weighted by atomic mass is 35.5. The van der Waals surface area contributed by atoms with Gasteiger partial charge in [0.15, 0.2) is 0 Å². The minimum atomic E-state index is -0.510. The predicted octanol–water partition coefficient (Wildman–Crippen LogP) is 5.79. The van der Waals surface area contributed by atoms with Crippen LogP contribution in [-0.2, 0) is 4.79 Å². The number of allylic oxidation sites excluding steroid dienone is 1. The van der Waals surface area contributed by atoms with Crippen LogP contribution in [0.15, 0.2) is 11.8 Å². The van der Waals surface area contributed by atoms with Crippen molar-refractivity contribution in [3.8, 4) is 0 Å². The highest BCUT2D eigenvalue weighted by molar-refractivity contribution is 6.39. The first-order valence-electron chi connectivity index (χ1n) is 12.3. The molecule has 7 heteroatoms. The van der Waals surface area contributed by atoms with Gasteiger partial charge in [-0.05, 0) is 49.5 Å². The molecular formula is C24H34Cl4N2O. The molecule has 3 nitrogen and oxygen atoms in total. The van der Waals surface area contributed by atoms with Crippen LogP contribution in [0.4, 0.5) is 0 Å². The maximum atomic E-state index is 12.7. The maximum absolute atomic E-state index is 12.7. The summed E-state index contributed by atoms with van der Waals surface area (Å²) in [7, 11) is 0. The molecular weight excluding hydrogens is 474 g/mol. The average molecular weight is 508 g/mol. The monoisotopic (exact) mass is 506 g/mol. The molecule has 174 valence electrons. The molecule has 5 rings (SSSR count). The maximum Gasteiger partial charge on any atom is 0.229 e. The summed E-state index contributed by atoms with van der Waals surface area (Å²) in [5, 5.41) is 5.14. The molecule has 0 bridgehead atoms. The Morgan fingerprint density at radius 1 is 0.710 bits per heavy atom. The smallest absolute Gasteiger partial charge is 0.229 e. The quantitative estimate of drug-likeness (QED) is 0.464. The predicted molar refractivity (Wildman–Crippen MR) is 129 cm³/mol. The van der Waals surface area contributed by atoms with Gasteiger partial charge in [0, 0.05) is 23.7 Å². The molecule has 2 aliphatic heterocycles. The van der Waals surface area contributed by atoms with E-state index in [-0.39, 0.29) is 17.9 Å². The highest BCUT2D eigenvalue weighted by Crippen LogP contribution is 2.48. The lowest BCUT2D eigenvalue weighted by Crippen LogP contribution is -2.52. The standard InChI is InChI=1S/C24H34Cl4N2O/c25-20-18-17(30-24(31)19(18)21(26)23(28)22(20)27)11-13-9-10-15-14(7-4-8-16(15)29-13)12-5-2-1-3-6-12/h11-16,18-23,29H,1-10H2,(H,30,31)/b17-11-. The average Bonchev–Trinajstić information content (AvgIpc) is 3.11. The molecule has 2 N–H and O–H groups in total. The number of fused-ring (bicyclic) bond motifs is 2. The van der Waals surface area contributed by atoms with E-state index in [1.54, 1.807) is 0 Å². The molecule has 10 atom stereocenters. The van der Waals surface area contributed by atoms with Gasteiger partial charge in [-0.2, -0.15) is 0 Å². The van der Waals surface area contributed by atoms with Crippen molar-refractivity contribution in [3.05, 3.63) is 11.8 Å². The van der Waals surface area contributed by atoms with Gasteiger partial charge in [-0.25, -0.2) is 0 Å². The number of hydrogen-bond acceptors (Lipinski definition) is 2. The van der Waals surface area contributed by atoms with Gasteiger partial charge < -0.3 is 10.6 Å². The van der Waals surface area contributed by atoms with Gasteiger partial charge >= 0.3 is 0 Å². The van der Waals surface area contributed by atoms with Crippen molar-refractivity contribution >= 4 is 52.3 Å². The second-order valence-corrected chi connectivity index (χ2v) is 12.6. The fraction of sp³-hybridized carbons (Fsp3) is 0.875. The van der Waals surface area contributed by atoms with Gasteiger partial charge in [-0.15, -0.1) is 46.4 Å². The number of hydrogen-bond donors (Lipinski definition) is 2. The van der Waals surface area contributed by atoms with Gasteiger partial charge in [0.25, 0.3) is 0 Å². The van der Waals surface area contributed by atoms with E-state index in [1.807, 2.05) is 0 Å². The van der Waals surface area contributed by atoms with Crippen LogP contribution in [0.5, 0.6) is 0 Å². The third kappa shape index (κ3) is 4.29. The van der Waals surface area contributed by atoms with Gasteiger partial charge in [-0.3, -0.25) is 4.79 Å². The van der Waals surface area contributed by atoms with Gasteiger partial charge in [0.2, 0.25) is 5.91 Å². The summed E-state index contributed by atoms with van der Waals surface area (Å²) in [6, 6.07) is 0.858. The molecule has 5 aliphatic rings. The summed E-state index contributed by atoms with van der Waals surface area (Å²) in [6.45, 7) is 0. The number of carbonyl (C=O) groups is 1. The zero-order valence-electron chi connectivity index (χ0n) is 17.9. The van der Waals surface area contributed by atoms with Crippen molar-refractivity contribution in [2.75, 3.05) is 0 Å². The van der Waals surface area contributed by atoms with Crippen LogP contribution in [-0.4, -0.2) is 39.5 Å². The number of alkyl halides is 4. The van der Waals surface area contributed by atoms with Crippen molar-refractivity contribution in [2.24, 2.45) is 29.6 Å². The summed E-state index contributed by atoms with van der Waals surface area (Å²) >= 11 is 26.1.